The summed E-state index contributed by atoms with van der Waals surface area (Å²) in [5.74, 6) is -0.212. The second kappa shape index (κ2) is 5.64. The molecule has 3 rings (SSSR count). The van der Waals surface area contributed by atoms with Gasteiger partial charge in [0.05, 0.1) is 12.8 Å². The molecule has 0 radical (unpaired) electrons. The van der Waals surface area contributed by atoms with E-state index in [1.54, 1.807) is 0 Å². The molecule has 0 N–H and O–H groups in total. The zero-order valence-corrected chi connectivity index (χ0v) is 12.0. The molecule has 0 amide bonds. The first-order chi connectivity index (χ1) is 8.49. The molecular weight excluding hydrogens is 278 g/mol. The van der Waals surface area contributed by atoms with Crippen LogP contribution in [0.1, 0.15) is 39.0 Å². The minimum atomic E-state index is -1.36. The maximum atomic E-state index is 12.8. The van der Waals surface area contributed by atoms with Crippen molar-refractivity contribution in [2.45, 2.75) is 55.6 Å². The average Bonchev–Trinajstić information content (AvgIpc) is 2.38. The van der Waals surface area contributed by atoms with Crippen molar-refractivity contribution >= 4 is 29.0 Å². The lowest BCUT2D eigenvalue weighted by atomic mass is 9.73. The van der Waals surface area contributed by atoms with E-state index in [1.807, 2.05) is 6.92 Å². The van der Waals surface area contributed by atoms with Gasteiger partial charge in [-0.15, -0.1) is 0 Å². The molecule has 2 heterocycles. The van der Waals surface area contributed by atoms with Crippen molar-refractivity contribution in [1.29, 1.82) is 0 Å². The molecule has 5 heteroatoms. The summed E-state index contributed by atoms with van der Waals surface area (Å²) in [4.78, 5) is 12.3. The highest BCUT2D eigenvalue weighted by atomic mass is 35.5. The Labute approximate surface area is 117 Å². The van der Waals surface area contributed by atoms with E-state index in [0.29, 0.717) is 12.8 Å². The van der Waals surface area contributed by atoms with Crippen LogP contribution in [0.15, 0.2) is 0 Å². The quantitative estimate of drug-likeness (QED) is 0.724. The van der Waals surface area contributed by atoms with Gasteiger partial charge < -0.3 is 4.74 Å². The van der Waals surface area contributed by atoms with E-state index < -0.39 is 10.4 Å². The Morgan fingerprint density at radius 3 is 2.67 bits per heavy atom. The van der Waals surface area contributed by atoms with Crippen LogP contribution in [0.3, 0.4) is 0 Å². The standard InChI is InChI=1S/C13H19Cl2FO2/c1-2-5-13(14,15)12(17)11-8-3-4-10(18-11)9(6-8)7-16/h8-11H,2-7H2,1H3. The van der Waals surface area contributed by atoms with Crippen molar-refractivity contribution in [2.24, 2.45) is 11.8 Å². The Balaban J connectivity index is 2.05. The summed E-state index contributed by atoms with van der Waals surface area (Å²) in [5.41, 5.74) is 0. The van der Waals surface area contributed by atoms with Crippen molar-refractivity contribution in [1.82, 2.24) is 0 Å². The highest BCUT2D eigenvalue weighted by Gasteiger charge is 2.50. The molecule has 2 aliphatic heterocycles. The number of rotatable bonds is 5. The second-order valence-electron chi connectivity index (χ2n) is 5.40. The van der Waals surface area contributed by atoms with Gasteiger partial charge in [0.15, 0.2) is 10.1 Å². The van der Waals surface area contributed by atoms with E-state index in [9.17, 15) is 9.18 Å². The maximum Gasteiger partial charge on any atom is 0.197 e. The summed E-state index contributed by atoms with van der Waals surface area (Å²) in [6.07, 6.45) is 2.97. The number of ether oxygens (including phenoxy) is 1. The minimum absolute atomic E-state index is 0.0565. The molecule has 3 aliphatic rings. The first-order valence-corrected chi connectivity index (χ1v) is 7.38. The Hall–Kier alpha value is 0.140. The number of fused-ring (bicyclic) bond motifs is 3. The van der Waals surface area contributed by atoms with Crippen molar-refractivity contribution in [3.63, 3.8) is 0 Å². The van der Waals surface area contributed by atoms with Crippen LogP contribution < -0.4 is 0 Å². The summed E-state index contributed by atoms with van der Waals surface area (Å²) in [7, 11) is 0. The molecular formula is C13H19Cl2FO2. The first-order valence-electron chi connectivity index (χ1n) is 6.63. The fraction of sp³-hybridized carbons (Fsp3) is 0.923. The van der Waals surface area contributed by atoms with Crippen LogP contribution in [-0.4, -0.2) is 29.0 Å². The highest BCUT2D eigenvalue weighted by Crippen LogP contribution is 2.44. The molecule has 2 bridgehead atoms. The van der Waals surface area contributed by atoms with Gasteiger partial charge in [0.2, 0.25) is 0 Å². The van der Waals surface area contributed by atoms with E-state index >= 15 is 0 Å². The second-order valence-corrected chi connectivity index (χ2v) is 6.89. The predicted octanol–water partition coefficient (Wildman–Crippen LogP) is 3.68. The third-order valence-electron chi connectivity index (χ3n) is 4.08. The Morgan fingerprint density at radius 2 is 2.17 bits per heavy atom. The van der Waals surface area contributed by atoms with Gasteiger partial charge in [-0.05, 0) is 31.6 Å². The number of carbonyl (C=O) groups is 1. The van der Waals surface area contributed by atoms with Crippen LogP contribution in [0, 0.1) is 11.8 Å². The molecule has 1 aliphatic carbocycles. The molecule has 18 heavy (non-hydrogen) atoms. The van der Waals surface area contributed by atoms with Crippen molar-refractivity contribution in [3.8, 4) is 0 Å². The zero-order chi connectivity index (χ0) is 13.3. The van der Waals surface area contributed by atoms with Crippen LogP contribution in [0.25, 0.3) is 0 Å². The SMILES string of the molecule is CCCC(Cl)(Cl)C(=O)C1OC2CCC1CC2CF. The van der Waals surface area contributed by atoms with Crippen LogP contribution in [-0.2, 0) is 9.53 Å². The van der Waals surface area contributed by atoms with E-state index in [1.165, 1.54) is 0 Å². The summed E-state index contributed by atoms with van der Waals surface area (Å²) in [6, 6.07) is 0. The first kappa shape index (κ1) is 14.5. The largest absolute Gasteiger partial charge is 0.366 e. The van der Waals surface area contributed by atoms with Crippen molar-refractivity contribution in [3.05, 3.63) is 0 Å². The molecule has 3 fully saturated rings. The van der Waals surface area contributed by atoms with E-state index in [-0.39, 0.29) is 30.4 Å². The fourth-order valence-corrected chi connectivity index (χ4v) is 3.70. The Bertz CT molecular complexity index is 322. The molecule has 104 valence electrons. The third kappa shape index (κ3) is 2.68. The van der Waals surface area contributed by atoms with Crippen LogP contribution >= 0.6 is 23.2 Å². The lowest BCUT2D eigenvalue weighted by molar-refractivity contribution is -0.174. The third-order valence-corrected chi connectivity index (χ3v) is 4.83. The van der Waals surface area contributed by atoms with Crippen molar-refractivity contribution < 1.29 is 13.9 Å². The van der Waals surface area contributed by atoms with Gasteiger partial charge in [0.25, 0.3) is 0 Å². The van der Waals surface area contributed by atoms with E-state index in [0.717, 1.165) is 19.3 Å². The zero-order valence-electron chi connectivity index (χ0n) is 10.5. The lowest BCUT2D eigenvalue weighted by Gasteiger charge is -2.46. The number of hydrogen-bond acceptors (Lipinski definition) is 2. The fourth-order valence-electron chi connectivity index (χ4n) is 3.11. The maximum absolute atomic E-state index is 12.8. The topological polar surface area (TPSA) is 26.3 Å². The number of carbonyl (C=O) groups excluding carboxylic acids is 1. The van der Waals surface area contributed by atoms with E-state index in [4.69, 9.17) is 27.9 Å². The van der Waals surface area contributed by atoms with Crippen molar-refractivity contribution in [2.75, 3.05) is 6.67 Å². The summed E-state index contributed by atoms with van der Waals surface area (Å²) >= 11 is 12.2. The molecule has 0 spiro atoms. The smallest absolute Gasteiger partial charge is 0.197 e. The summed E-state index contributed by atoms with van der Waals surface area (Å²) < 4.78 is 17.2. The van der Waals surface area contributed by atoms with Gasteiger partial charge in [-0.25, -0.2) is 0 Å². The molecule has 0 aromatic carbocycles. The number of ketones is 1. The predicted molar refractivity (Wildman–Crippen MR) is 69.8 cm³/mol. The highest BCUT2D eigenvalue weighted by molar-refractivity contribution is 6.58. The average molecular weight is 297 g/mol. The monoisotopic (exact) mass is 296 g/mol. The van der Waals surface area contributed by atoms with Crippen LogP contribution in [0.5, 0.6) is 0 Å². The molecule has 2 saturated heterocycles. The number of hydrogen-bond donors (Lipinski definition) is 0. The minimum Gasteiger partial charge on any atom is -0.366 e. The Morgan fingerprint density at radius 1 is 1.44 bits per heavy atom. The number of halogens is 3. The lowest BCUT2D eigenvalue weighted by Crippen LogP contribution is -2.53. The number of alkyl halides is 3. The van der Waals surface area contributed by atoms with Gasteiger partial charge >= 0.3 is 0 Å². The van der Waals surface area contributed by atoms with Crippen LogP contribution in [0.4, 0.5) is 4.39 Å². The molecule has 1 saturated carbocycles. The summed E-state index contributed by atoms with van der Waals surface area (Å²) in [6.45, 7) is 1.56. The summed E-state index contributed by atoms with van der Waals surface area (Å²) in [5, 5.41) is 0. The molecule has 4 atom stereocenters. The molecule has 2 nitrogen and oxygen atoms in total. The van der Waals surface area contributed by atoms with Gasteiger partial charge in [0, 0.05) is 5.92 Å². The van der Waals surface area contributed by atoms with Crippen LogP contribution in [0.2, 0.25) is 0 Å². The molecule has 4 unspecified atom stereocenters. The van der Waals surface area contributed by atoms with Gasteiger partial charge in [0.1, 0.15) is 6.10 Å². The number of Topliss-reactive ketones (excluding diaryl/α,β-unsaturated/α-hetero) is 1. The molecule has 0 aromatic heterocycles. The normalized spacial score (nSPS) is 35.8. The van der Waals surface area contributed by atoms with Gasteiger partial charge in [-0.3, -0.25) is 9.18 Å². The van der Waals surface area contributed by atoms with Gasteiger partial charge in [-0.1, -0.05) is 36.5 Å². The Kier molecular flexibility index (Phi) is 4.56. The molecule has 0 aromatic rings. The van der Waals surface area contributed by atoms with Gasteiger partial charge in [-0.2, -0.15) is 0 Å². The van der Waals surface area contributed by atoms with E-state index in [2.05, 4.69) is 0 Å².